The molecule has 2 aromatic rings. The summed E-state index contributed by atoms with van der Waals surface area (Å²) in [5, 5.41) is 12.1. The van der Waals surface area contributed by atoms with Crippen LogP contribution in [0.5, 0.6) is 0 Å². The molecule has 0 atom stereocenters. The van der Waals surface area contributed by atoms with Crippen molar-refractivity contribution in [3.8, 4) is 6.07 Å². The molecule has 0 fully saturated rings. The van der Waals surface area contributed by atoms with Gasteiger partial charge in [0.25, 0.3) is 0 Å². The quantitative estimate of drug-likeness (QED) is 0.899. The molecule has 3 rings (SSSR count). The number of amides is 1. The molecule has 0 saturated heterocycles. The predicted molar refractivity (Wildman–Crippen MR) is 75.1 cm³/mol. The smallest absolute Gasteiger partial charge is 0.246 e. The lowest BCUT2D eigenvalue weighted by atomic mass is 10.1. The van der Waals surface area contributed by atoms with Gasteiger partial charge < -0.3 is 10.2 Å². The van der Waals surface area contributed by atoms with E-state index >= 15 is 0 Å². The summed E-state index contributed by atoms with van der Waals surface area (Å²) in [7, 11) is 0. The average molecular weight is 264 g/mol. The van der Waals surface area contributed by atoms with Gasteiger partial charge in [-0.05, 0) is 29.8 Å². The van der Waals surface area contributed by atoms with Crippen LogP contribution in [0.4, 0.5) is 11.4 Å². The first-order valence-corrected chi connectivity index (χ1v) is 6.25. The van der Waals surface area contributed by atoms with E-state index < -0.39 is 0 Å². The largest absolute Gasteiger partial charge is 0.374 e. The molecule has 2 heterocycles. The van der Waals surface area contributed by atoms with E-state index in [2.05, 4.69) is 16.4 Å². The van der Waals surface area contributed by atoms with E-state index in [1.54, 1.807) is 29.4 Å². The number of nitrogens with one attached hydrogen (secondary N) is 1. The van der Waals surface area contributed by atoms with Crippen molar-refractivity contribution in [1.29, 1.82) is 5.26 Å². The highest BCUT2D eigenvalue weighted by atomic mass is 16.2. The van der Waals surface area contributed by atoms with Crippen LogP contribution in [0.15, 0.2) is 42.7 Å². The second-order valence-corrected chi connectivity index (χ2v) is 4.54. The van der Waals surface area contributed by atoms with Crippen LogP contribution in [0.25, 0.3) is 0 Å². The van der Waals surface area contributed by atoms with Gasteiger partial charge in [0.15, 0.2) is 0 Å². The lowest BCUT2D eigenvalue weighted by molar-refractivity contribution is -0.117. The standard InChI is InChI=1S/C15H12N4O/c16-7-11-3-4-13-14(6-11)19(15(20)9-18-13)10-12-2-1-5-17-8-12/h1-6,8,18H,9-10H2. The van der Waals surface area contributed by atoms with Crippen molar-refractivity contribution in [2.75, 3.05) is 16.8 Å². The number of fused-ring (bicyclic) bond motifs is 1. The first-order valence-electron chi connectivity index (χ1n) is 6.25. The Morgan fingerprint density at radius 1 is 1.40 bits per heavy atom. The maximum Gasteiger partial charge on any atom is 0.246 e. The Morgan fingerprint density at radius 2 is 2.30 bits per heavy atom. The minimum Gasteiger partial charge on any atom is -0.374 e. The number of nitrogens with zero attached hydrogens (tertiary/aromatic N) is 3. The fourth-order valence-corrected chi connectivity index (χ4v) is 2.22. The van der Waals surface area contributed by atoms with E-state index in [1.165, 1.54) is 0 Å². The number of carbonyl (C=O) groups excluding carboxylic acids is 1. The molecule has 5 heteroatoms. The van der Waals surface area contributed by atoms with Crippen LogP contribution >= 0.6 is 0 Å². The molecule has 98 valence electrons. The summed E-state index contributed by atoms with van der Waals surface area (Å²) in [6, 6.07) is 11.2. The second kappa shape index (κ2) is 5.02. The monoisotopic (exact) mass is 264 g/mol. The molecule has 0 aliphatic carbocycles. The number of anilines is 2. The number of hydrogen-bond donors (Lipinski definition) is 1. The number of nitriles is 1. The van der Waals surface area contributed by atoms with Gasteiger partial charge in [-0.25, -0.2) is 0 Å². The molecule has 0 unspecified atom stereocenters. The van der Waals surface area contributed by atoms with E-state index in [1.807, 2.05) is 18.2 Å². The van der Waals surface area contributed by atoms with Gasteiger partial charge in [-0.15, -0.1) is 0 Å². The molecule has 1 amide bonds. The van der Waals surface area contributed by atoms with Gasteiger partial charge in [0, 0.05) is 12.4 Å². The van der Waals surface area contributed by atoms with E-state index in [0.29, 0.717) is 12.1 Å². The van der Waals surface area contributed by atoms with E-state index in [-0.39, 0.29) is 12.5 Å². The van der Waals surface area contributed by atoms with Crippen LogP contribution in [0.3, 0.4) is 0 Å². The lowest BCUT2D eigenvalue weighted by Gasteiger charge is -2.30. The number of pyridine rings is 1. The minimum atomic E-state index is -0.0172. The van der Waals surface area contributed by atoms with Gasteiger partial charge in [-0.3, -0.25) is 9.78 Å². The summed E-state index contributed by atoms with van der Waals surface area (Å²) < 4.78 is 0. The average Bonchev–Trinajstić information content (AvgIpc) is 2.51. The molecule has 20 heavy (non-hydrogen) atoms. The summed E-state index contributed by atoms with van der Waals surface area (Å²) in [4.78, 5) is 17.9. The maximum atomic E-state index is 12.1. The van der Waals surface area contributed by atoms with Crippen molar-refractivity contribution in [2.45, 2.75) is 6.54 Å². The van der Waals surface area contributed by atoms with Crippen LogP contribution in [0.1, 0.15) is 11.1 Å². The molecule has 1 aromatic carbocycles. The molecule has 0 saturated carbocycles. The Hall–Kier alpha value is -2.87. The summed E-state index contributed by atoms with van der Waals surface area (Å²) in [5.74, 6) is -0.0172. The molecule has 5 nitrogen and oxygen atoms in total. The number of benzene rings is 1. The third-order valence-electron chi connectivity index (χ3n) is 3.21. The van der Waals surface area contributed by atoms with Gasteiger partial charge >= 0.3 is 0 Å². The SMILES string of the molecule is N#Cc1ccc2c(c1)N(Cc1cccnc1)C(=O)CN2. The summed E-state index contributed by atoms with van der Waals surface area (Å²) in [5.41, 5.74) is 3.10. The molecular formula is C15H12N4O. The zero-order valence-corrected chi connectivity index (χ0v) is 10.7. The van der Waals surface area contributed by atoms with Crippen molar-refractivity contribution < 1.29 is 4.79 Å². The third-order valence-corrected chi connectivity index (χ3v) is 3.21. The van der Waals surface area contributed by atoms with Crippen molar-refractivity contribution in [2.24, 2.45) is 0 Å². The zero-order valence-electron chi connectivity index (χ0n) is 10.7. The minimum absolute atomic E-state index is 0.0172. The van der Waals surface area contributed by atoms with Gasteiger partial charge in [-0.2, -0.15) is 5.26 Å². The molecule has 1 aromatic heterocycles. The fourth-order valence-electron chi connectivity index (χ4n) is 2.22. The topological polar surface area (TPSA) is 69.0 Å². The van der Waals surface area contributed by atoms with E-state index in [0.717, 1.165) is 16.9 Å². The number of carbonyl (C=O) groups is 1. The fraction of sp³-hybridized carbons (Fsp3) is 0.133. The molecule has 1 aliphatic rings. The summed E-state index contributed by atoms with van der Waals surface area (Å²) in [6.07, 6.45) is 3.44. The molecule has 1 N–H and O–H groups in total. The number of aromatic nitrogens is 1. The Balaban J connectivity index is 1.99. The Labute approximate surface area is 116 Å². The summed E-state index contributed by atoms with van der Waals surface area (Å²) in [6.45, 7) is 0.718. The maximum absolute atomic E-state index is 12.1. The molecule has 0 radical (unpaired) electrons. The molecule has 0 bridgehead atoms. The zero-order chi connectivity index (χ0) is 13.9. The van der Waals surface area contributed by atoms with Crippen LogP contribution in [-0.2, 0) is 11.3 Å². The Morgan fingerprint density at radius 3 is 3.05 bits per heavy atom. The van der Waals surface area contributed by atoms with Crippen LogP contribution in [0.2, 0.25) is 0 Å². The molecule has 0 spiro atoms. The Kier molecular flexibility index (Phi) is 3.05. The molecular weight excluding hydrogens is 252 g/mol. The number of hydrogen-bond acceptors (Lipinski definition) is 4. The van der Waals surface area contributed by atoms with Crippen molar-refractivity contribution in [1.82, 2.24) is 4.98 Å². The van der Waals surface area contributed by atoms with Crippen LogP contribution in [-0.4, -0.2) is 17.4 Å². The van der Waals surface area contributed by atoms with Crippen molar-refractivity contribution >= 4 is 17.3 Å². The highest BCUT2D eigenvalue weighted by molar-refractivity contribution is 6.02. The van der Waals surface area contributed by atoms with Crippen molar-refractivity contribution in [3.05, 3.63) is 53.9 Å². The first kappa shape index (κ1) is 12.2. The summed E-state index contributed by atoms with van der Waals surface area (Å²) >= 11 is 0. The number of rotatable bonds is 2. The predicted octanol–water partition coefficient (Wildman–Crippen LogP) is 1.91. The van der Waals surface area contributed by atoms with Crippen LogP contribution in [0, 0.1) is 11.3 Å². The van der Waals surface area contributed by atoms with Gasteiger partial charge in [0.05, 0.1) is 36.1 Å². The normalized spacial score (nSPS) is 13.3. The van der Waals surface area contributed by atoms with E-state index in [4.69, 9.17) is 5.26 Å². The van der Waals surface area contributed by atoms with Gasteiger partial charge in [0.2, 0.25) is 5.91 Å². The van der Waals surface area contributed by atoms with Gasteiger partial charge in [-0.1, -0.05) is 6.07 Å². The lowest BCUT2D eigenvalue weighted by Crippen LogP contribution is -2.39. The Bertz CT molecular complexity index is 691. The highest BCUT2D eigenvalue weighted by Gasteiger charge is 2.24. The highest BCUT2D eigenvalue weighted by Crippen LogP contribution is 2.31. The van der Waals surface area contributed by atoms with Crippen molar-refractivity contribution in [3.63, 3.8) is 0 Å². The third kappa shape index (κ3) is 2.19. The van der Waals surface area contributed by atoms with E-state index in [9.17, 15) is 4.79 Å². The first-order chi connectivity index (χ1) is 9.78. The van der Waals surface area contributed by atoms with Crippen LogP contribution < -0.4 is 10.2 Å². The van der Waals surface area contributed by atoms with Gasteiger partial charge in [0.1, 0.15) is 0 Å². The molecule has 1 aliphatic heterocycles. The second-order valence-electron chi connectivity index (χ2n) is 4.54.